The SMILES string of the molecule is C=CCn1c(SCc2ccccc2F)nnc1-c1ccc(OCC)cc1. The van der Waals surface area contributed by atoms with Crippen molar-refractivity contribution in [3.63, 3.8) is 0 Å². The highest BCUT2D eigenvalue weighted by atomic mass is 32.2. The summed E-state index contributed by atoms with van der Waals surface area (Å²) >= 11 is 1.46. The highest BCUT2D eigenvalue weighted by Crippen LogP contribution is 2.28. The predicted octanol–water partition coefficient (Wildman–Crippen LogP) is 4.96. The van der Waals surface area contributed by atoms with Crippen LogP contribution in [0.1, 0.15) is 12.5 Å². The highest BCUT2D eigenvalue weighted by molar-refractivity contribution is 7.98. The minimum atomic E-state index is -0.207. The number of benzene rings is 2. The van der Waals surface area contributed by atoms with Crippen molar-refractivity contribution in [3.05, 3.63) is 72.6 Å². The summed E-state index contributed by atoms with van der Waals surface area (Å²) in [6.07, 6.45) is 1.80. The standard InChI is InChI=1S/C20H20FN3OS/c1-3-13-24-19(15-9-11-17(12-10-15)25-4-2)22-23-20(24)26-14-16-7-5-6-8-18(16)21/h3,5-12H,1,4,13-14H2,2H3. The van der Waals surface area contributed by atoms with Crippen LogP contribution in [0, 0.1) is 5.82 Å². The van der Waals surface area contributed by atoms with E-state index in [-0.39, 0.29) is 5.82 Å². The molecule has 0 radical (unpaired) electrons. The largest absolute Gasteiger partial charge is 0.494 e. The van der Waals surface area contributed by atoms with E-state index in [0.717, 1.165) is 22.3 Å². The minimum Gasteiger partial charge on any atom is -0.494 e. The Kier molecular flexibility index (Phi) is 6.07. The van der Waals surface area contributed by atoms with Gasteiger partial charge in [0.05, 0.1) is 6.61 Å². The first-order chi connectivity index (χ1) is 12.7. The molecule has 0 atom stereocenters. The molecule has 1 heterocycles. The molecule has 26 heavy (non-hydrogen) atoms. The second kappa shape index (κ2) is 8.67. The first-order valence-corrected chi connectivity index (χ1v) is 9.35. The first-order valence-electron chi connectivity index (χ1n) is 8.36. The van der Waals surface area contributed by atoms with Gasteiger partial charge in [0.15, 0.2) is 11.0 Å². The molecule has 4 nitrogen and oxygen atoms in total. The van der Waals surface area contributed by atoms with Crippen LogP contribution in [0.25, 0.3) is 11.4 Å². The van der Waals surface area contributed by atoms with Crippen molar-refractivity contribution in [2.24, 2.45) is 0 Å². The number of aromatic nitrogens is 3. The van der Waals surface area contributed by atoms with Crippen LogP contribution in [0.5, 0.6) is 5.75 Å². The van der Waals surface area contributed by atoms with Crippen LogP contribution in [0.3, 0.4) is 0 Å². The number of ether oxygens (including phenoxy) is 1. The number of hydrogen-bond donors (Lipinski definition) is 0. The lowest BCUT2D eigenvalue weighted by Crippen LogP contribution is -2.01. The maximum Gasteiger partial charge on any atom is 0.192 e. The van der Waals surface area contributed by atoms with Gasteiger partial charge < -0.3 is 4.74 Å². The molecule has 2 aromatic carbocycles. The minimum absolute atomic E-state index is 0.207. The Hall–Kier alpha value is -2.60. The lowest BCUT2D eigenvalue weighted by Gasteiger charge is -2.09. The number of hydrogen-bond acceptors (Lipinski definition) is 4. The zero-order valence-corrected chi connectivity index (χ0v) is 15.4. The second-order valence-corrected chi connectivity index (χ2v) is 6.49. The van der Waals surface area contributed by atoms with Crippen molar-refractivity contribution < 1.29 is 9.13 Å². The van der Waals surface area contributed by atoms with Gasteiger partial charge in [-0.2, -0.15) is 0 Å². The van der Waals surface area contributed by atoms with Crippen molar-refractivity contribution >= 4 is 11.8 Å². The van der Waals surface area contributed by atoms with Crippen molar-refractivity contribution in [3.8, 4) is 17.1 Å². The summed E-state index contributed by atoms with van der Waals surface area (Å²) in [5, 5.41) is 9.35. The van der Waals surface area contributed by atoms with E-state index in [0.29, 0.717) is 24.5 Å². The van der Waals surface area contributed by atoms with E-state index in [1.54, 1.807) is 18.2 Å². The molecule has 0 amide bonds. The van der Waals surface area contributed by atoms with Gasteiger partial charge in [-0.1, -0.05) is 36.0 Å². The van der Waals surface area contributed by atoms with Gasteiger partial charge >= 0.3 is 0 Å². The zero-order valence-electron chi connectivity index (χ0n) is 14.6. The van der Waals surface area contributed by atoms with Crippen molar-refractivity contribution in [1.29, 1.82) is 0 Å². The van der Waals surface area contributed by atoms with Gasteiger partial charge in [0.1, 0.15) is 11.6 Å². The van der Waals surface area contributed by atoms with Gasteiger partial charge in [0, 0.05) is 17.9 Å². The third-order valence-corrected chi connectivity index (χ3v) is 4.78. The first kappa shape index (κ1) is 18.2. The number of thioether (sulfide) groups is 1. The molecule has 0 bridgehead atoms. The molecule has 3 rings (SSSR count). The monoisotopic (exact) mass is 369 g/mol. The van der Waals surface area contributed by atoms with Gasteiger partial charge in [-0.25, -0.2) is 4.39 Å². The van der Waals surface area contributed by atoms with Crippen molar-refractivity contribution in [1.82, 2.24) is 14.8 Å². The van der Waals surface area contributed by atoms with E-state index in [2.05, 4.69) is 16.8 Å². The summed E-state index contributed by atoms with van der Waals surface area (Å²) in [6.45, 7) is 6.98. The summed E-state index contributed by atoms with van der Waals surface area (Å²) in [6, 6.07) is 14.5. The highest BCUT2D eigenvalue weighted by Gasteiger charge is 2.14. The fraction of sp³-hybridized carbons (Fsp3) is 0.200. The van der Waals surface area contributed by atoms with E-state index >= 15 is 0 Å². The van der Waals surface area contributed by atoms with Crippen LogP contribution in [0.2, 0.25) is 0 Å². The van der Waals surface area contributed by atoms with Gasteiger partial charge in [-0.3, -0.25) is 4.57 Å². The average molecular weight is 369 g/mol. The maximum absolute atomic E-state index is 13.8. The number of halogens is 1. The summed E-state index contributed by atoms with van der Waals surface area (Å²) in [7, 11) is 0. The van der Waals surface area contributed by atoms with E-state index < -0.39 is 0 Å². The Morgan fingerprint density at radius 1 is 1.15 bits per heavy atom. The molecular formula is C20H20FN3OS. The second-order valence-electron chi connectivity index (χ2n) is 5.54. The van der Waals surface area contributed by atoms with Crippen LogP contribution in [-0.4, -0.2) is 21.4 Å². The number of nitrogens with zero attached hydrogens (tertiary/aromatic N) is 3. The lowest BCUT2D eigenvalue weighted by molar-refractivity contribution is 0.340. The summed E-state index contributed by atoms with van der Waals surface area (Å²) < 4.78 is 21.3. The third kappa shape index (κ3) is 4.14. The van der Waals surface area contributed by atoms with E-state index in [9.17, 15) is 4.39 Å². The topological polar surface area (TPSA) is 39.9 Å². The Morgan fingerprint density at radius 3 is 2.62 bits per heavy atom. The fourth-order valence-electron chi connectivity index (χ4n) is 2.53. The van der Waals surface area contributed by atoms with Gasteiger partial charge in [-0.05, 0) is 42.8 Å². The molecule has 0 saturated heterocycles. The fourth-order valence-corrected chi connectivity index (χ4v) is 3.46. The zero-order chi connectivity index (χ0) is 18.4. The predicted molar refractivity (Wildman–Crippen MR) is 103 cm³/mol. The molecule has 0 fully saturated rings. The molecule has 0 spiro atoms. The van der Waals surface area contributed by atoms with Crippen LogP contribution in [0.15, 0.2) is 66.3 Å². The molecule has 0 aliphatic carbocycles. The smallest absolute Gasteiger partial charge is 0.192 e. The van der Waals surface area contributed by atoms with Crippen LogP contribution < -0.4 is 4.74 Å². The summed E-state index contributed by atoms with van der Waals surface area (Å²) in [5.74, 6) is 1.86. The van der Waals surface area contributed by atoms with Gasteiger partial charge in [-0.15, -0.1) is 16.8 Å². The summed E-state index contributed by atoms with van der Waals surface area (Å²) in [5.41, 5.74) is 1.59. The van der Waals surface area contributed by atoms with Crippen LogP contribution in [-0.2, 0) is 12.3 Å². The average Bonchev–Trinajstić information content (AvgIpc) is 3.05. The van der Waals surface area contributed by atoms with E-state index in [4.69, 9.17) is 4.74 Å². The molecule has 134 valence electrons. The molecule has 0 N–H and O–H groups in total. The maximum atomic E-state index is 13.8. The van der Waals surface area contributed by atoms with Crippen LogP contribution >= 0.6 is 11.8 Å². The van der Waals surface area contributed by atoms with E-state index in [1.807, 2.05) is 41.8 Å². The number of rotatable bonds is 8. The third-order valence-electron chi connectivity index (χ3n) is 3.77. The van der Waals surface area contributed by atoms with Crippen molar-refractivity contribution in [2.45, 2.75) is 24.4 Å². The van der Waals surface area contributed by atoms with E-state index in [1.165, 1.54) is 17.8 Å². The molecule has 0 saturated carbocycles. The Morgan fingerprint density at radius 2 is 1.92 bits per heavy atom. The molecule has 0 unspecified atom stereocenters. The van der Waals surface area contributed by atoms with Crippen LogP contribution in [0.4, 0.5) is 4.39 Å². The molecular weight excluding hydrogens is 349 g/mol. The number of allylic oxidation sites excluding steroid dienone is 1. The molecule has 0 aliphatic heterocycles. The van der Waals surface area contributed by atoms with Gasteiger partial charge in [0.2, 0.25) is 0 Å². The molecule has 1 aromatic heterocycles. The Balaban J connectivity index is 1.83. The molecule has 3 aromatic rings. The molecule has 6 heteroatoms. The van der Waals surface area contributed by atoms with Crippen molar-refractivity contribution in [2.75, 3.05) is 6.61 Å². The quantitative estimate of drug-likeness (QED) is 0.416. The molecule has 0 aliphatic rings. The Bertz CT molecular complexity index is 877. The normalized spacial score (nSPS) is 10.7. The van der Waals surface area contributed by atoms with Gasteiger partial charge in [0.25, 0.3) is 0 Å². The Labute approximate surface area is 156 Å². The lowest BCUT2D eigenvalue weighted by atomic mass is 10.2. The summed E-state index contributed by atoms with van der Waals surface area (Å²) in [4.78, 5) is 0.